The Balaban J connectivity index is 1.58. The molecule has 0 saturated carbocycles. The summed E-state index contributed by atoms with van der Waals surface area (Å²) in [4.78, 5) is 38.0. The van der Waals surface area contributed by atoms with Crippen LogP contribution < -0.4 is 5.32 Å². The lowest BCUT2D eigenvalue weighted by Crippen LogP contribution is -2.34. The number of carbonyl (C=O) groups excluding carboxylic acids is 3. The molecule has 1 aromatic carbocycles. The molecular weight excluding hydrogens is 390 g/mol. The van der Waals surface area contributed by atoms with Gasteiger partial charge in [-0.05, 0) is 25.1 Å². The van der Waals surface area contributed by atoms with Crippen LogP contribution in [0.5, 0.6) is 0 Å². The number of esters is 1. The molecule has 0 unspecified atom stereocenters. The van der Waals surface area contributed by atoms with Crippen LogP contribution in [-0.4, -0.2) is 24.3 Å². The number of para-hydroxylation sites is 1. The molecule has 0 radical (unpaired) electrons. The lowest BCUT2D eigenvalue weighted by molar-refractivity contribution is -0.128. The molecule has 0 spiro atoms. The van der Waals surface area contributed by atoms with Gasteiger partial charge in [0.05, 0.1) is 11.4 Å². The highest BCUT2D eigenvalue weighted by Gasteiger charge is 2.22. The molecule has 2 heterocycles. The maximum atomic E-state index is 12.4. The summed E-state index contributed by atoms with van der Waals surface area (Å²) in [5.74, 6) is -0.920. The monoisotopic (exact) mass is 413 g/mol. The number of fused-ring (bicyclic) bond motifs is 1. The lowest BCUT2D eigenvalue weighted by Gasteiger charge is -2.17. The van der Waals surface area contributed by atoms with E-state index in [1.165, 1.54) is 11.3 Å². The van der Waals surface area contributed by atoms with Crippen LogP contribution in [-0.2, 0) is 16.1 Å². The first-order valence-electron chi connectivity index (χ1n) is 9.22. The molecule has 6 nitrogen and oxygen atoms in total. The molecule has 0 fully saturated rings. The predicted octanol–water partition coefficient (Wildman–Crippen LogP) is 4.50. The summed E-state index contributed by atoms with van der Waals surface area (Å²) in [6.07, 6.45) is 0. The van der Waals surface area contributed by atoms with Crippen molar-refractivity contribution in [3.63, 3.8) is 0 Å². The van der Waals surface area contributed by atoms with Crippen molar-refractivity contribution in [1.82, 2.24) is 5.32 Å². The minimum atomic E-state index is -0.665. The number of furan rings is 1. The fraction of sp³-hybridized carbons (Fsp3) is 0.318. The van der Waals surface area contributed by atoms with E-state index in [0.29, 0.717) is 22.6 Å². The van der Waals surface area contributed by atoms with E-state index in [9.17, 15) is 14.4 Å². The fourth-order valence-corrected chi connectivity index (χ4v) is 3.56. The number of benzene rings is 1. The molecule has 0 bridgehead atoms. The fourth-order valence-electron chi connectivity index (χ4n) is 2.69. The summed E-state index contributed by atoms with van der Waals surface area (Å²) in [6.45, 7) is 7.27. The zero-order valence-electron chi connectivity index (χ0n) is 16.8. The Labute approximate surface area is 172 Å². The van der Waals surface area contributed by atoms with Crippen LogP contribution >= 0.6 is 11.3 Å². The standard InChI is InChI=1S/C22H23NO5S/c1-13-15-7-5-6-8-17(15)28-19(13)20(25)27-12-16(24)18-10-9-14(29-18)11-23-21(26)22(2,3)4/h5-10H,11-12H2,1-4H3,(H,23,26). The van der Waals surface area contributed by atoms with Gasteiger partial charge in [-0.3, -0.25) is 9.59 Å². The van der Waals surface area contributed by atoms with Crippen molar-refractivity contribution in [2.45, 2.75) is 34.2 Å². The Bertz CT molecular complexity index is 1070. The summed E-state index contributed by atoms with van der Waals surface area (Å²) < 4.78 is 10.7. The molecule has 0 atom stereocenters. The number of hydrogen-bond donors (Lipinski definition) is 1. The Hall–Kier alpha value is -2.93. The number of amides is 1. The van der Waals surface area contributed by atoms with Gasteiger partial charge in [-0.25, -0.2) is 4.79 Å². The second-order valence-corrected chi connectivity index (χ2v) is 8.92. The van der Waals surface area contributed by atoms with Crippen molar-refractivity contribution in [2.24, 2.45) is 5.41 Å². The highest BCUT2D eigenvalue weighted by atomic mass is 32.1. The number of thiophene rings is 1. The molecule has 0 aliphatic rings. The average Bonchev–Trinajstić information content (AvgIpc) is 3.28. The van der Waals surface area contributed by atoms with E-state index in [1.807, 2.05) is 39.0 Å². The van der Waals surface area contributed by atoms with Gasteiger partial charge in [0, 0.05) is 21.2 Å². The van der Waals surface area contributed by atoms with E-state index in [4.69, 9.17) is 9.15 Å². The smallest absolute Gasteiger partial charge is 0.375 e. The molecule has 0 saturated heterocycles. The third kappa shape index (κ3) is 4.74. The molecule has 29 heavy (non-hydrogen) atoms. The number of Topliss-reactive ketones (excluding diaryl/α,β-unsaturated/α-hetero) is 1. The van der Waals surface area contributed by atoms with E-state index in [1.54, 1.807) is 25.1 Å². The quantitative estimate of drug-likeness (QED) is 0.475. The van der Waals surface area contributed by atoms with Gasteiger partial charge in [0.2, 0.25) is 17.5 Å². The highest BCUT2D eigenvalue weighted by molar-refractivity contribution is 7.14. The van der Waals surface area contributed by atoms with Crippen molar-refractivity contribution in [3.05, 3.63) is 57.5 Å². The average molecular weight is 413 g/mol. The molecule has 1 amide bonds. The maximum absolute atomic E-state index is 12.4. The van der Waals surface area contributed by atoms with Gasteiger partial charge >= 0.3 is 5.97 Å². The number of ketones is 1. The lowest BCUT2D eigenvalue weighted by atomic mass is 9.96. The first-order valence-corrected chi connectivity index (χ1v) is 10.0. The van der Waals surface area contributed by atoms with Crippen LogP contribution in [0, 0.1) is 12.3 Å². The summed E-state index contributed by atoms with van der Waals surface area (Å²) in [5, 5.41) is 3.68. The van der Waals surface area contributed by atoms with Crippen LogP contribution in [0.3, 0.4) is 0 Å². The second kappa shape index (κ2) is 8.21. The molecule has 0 aliphatic heterocycles. The maximum Gasteiger partial charge on any atom is 0.375 e. The third-order valence-electron chi connectivity index (χ3n) is 4.40. The number of rotatable bonds is 6. The second-order valence-electron chi connectivity index (χ2n) is 7.75. The zero-order chi connectivity index (χ0) is 21.2. The van der Waals surface area contributed by atoms with Crippen LogP contribution in [0.15, 0.2) is 40.8 Å². The largest absolute Gasteiger partial charge is 0.451 e. The van der Waals surface area contributed by atoms with E-state index in [0.717, 1.165) is 10.3 Å². The van der Waals surface area contributed by atoms with Gasteiger partial charge in [-0.15, -0.1) is 11.3 Å². The third-order valence-corrected chi connectivity index (χ3v) is 5.53. The van der Waals surface area contributed by atoms with E-state index in [2.05, 4.69) is 5.32 Å². The van der Waals surface area contributed by atoms with Gasteiger partial charge in [0.15, 0.2) is 6.61 Å². The van der Waals surface area contributed by atoms with Gasteiger partial charge < -0.3 is 14.5 Å². The number of ether oxygens (including phenoxy) is 1. The molecule has 1 N–H and O–H groups in total. The minimum absolute atomic E-state index is 0.0612. The first kappa shape index (κ1) is 20.8. The van der Waals surface area contributed by atoms with Crippen molar-refractivity contribution >= 4 is 40.0 Å². The van der Waals surface area contributed by atoms with E-state index >= 15 is 0 Å². The molecule has 2 aromatic heterocycles. The zero-order valence-corrected chi connectivity index (χ0v) is 17.6. The van der Waals surface area contributed by atoms with Crippen LogP contribution in [0.1, 0.15) is 51.4 Å². The molecule has 3 aromatic rings. The number of hydrogen-bond acceptors (Lipinski definition) is 6. The Morgan fingerprint density at radius 1 is 1.10 bits per heavy atom. The first-order chi connectivity index (χ1) is 13.7. The van der Waals surface area contributed by atoms with Gasteiger partial charge in [-0.2, -0.15) is 0 Å². The van der Waals surface area contributed by atoms with Crippen molar-refractivity contribution < 1.29 is 23.5 Å². The number of aryl methyl sites for hydroxylation is 1. The summed E-state index contributed by atoms with van der Waals surface area (Å²) >= 11 is 1.27. The minimum Gasteiger partial charge on any atom is -0.451 e. The number of nitrogens with one attached hydrogen (secondary N) is 1. The molecule has 3 rings (SSSR count). The van der Waals surface area contributed by atoms with Crippen LogP contribution in [0.4, 0.5) is 0 Å². The molecule has 152 valence electrons. The highest BCUT2D eigenvalue weighted by Crippen LogP contribution is 2.25. The van der Waals surface area contributed by atoms with Crippen LogP contribution in [0.2, 0.25) is 0 Å². The molecule has 7 heteroatoms. The van der Waals surface area contributed by atoms with Crippen molar-refractivity contribution in [2.75, 3.05) is 6.61 Å². The normalized spacial score (nSPS) is 11.4. The predicted molar refractivity (Wildman–Crippen MR) is 111 cm³/mol. The summed E-state index contributed by atoms with van der Waals surface area (Å²) in [6, 6.07) is 10.8. The van der Waals surface area contributed by atoms with Crippen molar-refractivity contribution in [3.8, 4) is 0 Å². The van der Waals surface area contributed by atoms with Gasteiger partial charge in [-0.1, -0.05) is 39.0 Å². The van der Waals surface area contributed by atoms with Gasteiger partial charge in [0.1, 0.15) is 5.58 Å². The van der Waals surface area contributed by atoms with Crippen molar-refractivity contribution in [1.29, 1.82) is 0 Å². The Kier molecular flexibility index (Phi) is 5.88. The van der Waals surface area contributed by atoms with Gasteiger partial charge in [0.25, 0.3) is 0 Å². The molecular formula is C22H23NO5S. The summed E-state index contributed by atoms with van der Waals surface area (Å²) in [5.41, 5.74) is 0.813. The number of carbonyl (C=O) groups is 3. The Morgan fingerprint density at radius 2 is 1.83 bits per heavy atom. The van der Waals surface area contributed by atoms with E-state index in [-0.39, 0.29) is 24.1 Å². The summed E-state index contributed by atoms with van der Waals surface area (Å²) in [7, 11) is 0. The Morgan fingerprint density at radius 3 is 2.52 bits per heavy atom. The molecule has 0 aliphatic carbocycles. The SMILES string of the molecule is Cc1c(C(=O)OCC(=O)c2ccc(CNC(=O)C(C)(C)C)s2)oc2ccccc12. The topological polar surface area (TPSA) is 85.6 Å². The van der Waals surface area contributed by atoms with Crippen LogP contribution in [0.25, 0.3) is 11.0 Å². The van der Waals surface area contributed by atoms with E-state index < -0.39 is 11.4 Å².